The summed E-state index contributed by atoms with van der Waals surface area (Å²) in [6.07, 6.45) is -5.03. The molecule has 0 aliphatic carbocycles. The van der Waals surface area contributed by atoms with Crippen LogP contribution in [0.5, 0.6) is 0 Å². The van der Waals surface area contributed by atoms with Crippen molar-refractivity contribution in [1.82, 2.24) is 0 Å². The van der Waals surface area contributed by atoms with Crippen LogP contribution in [0.1, 0.15) is 6.42 Å². The Bertz CT molecular complexity index is 58.8. The number of hydrogen-bond donors (Lipinski definition) is 0. The Balaban J connectivity index is 3.11. The normalized spacial score (nSPS) is 12.0. The molecule has 0 rings (SSSR count). The van der Waals surface area contributed by atoms with E-state index in [1.807, 2.05) is 0 Å². The van der Waals surface area contributed by atoms with Gasteiger partial charge in [-0.2, -0.15) is 13.2 Å². The van der Waals surface area contributed by atoms with Crippen molar-refractivity contribution < 1.29 is 17.9 Å². The van der Waals surface area contributed by atoms with Gasteiger partial charge in [0.1, 0.15) is 0 Å². The Morgan fingerprint density at radius 3 is 2.00 bits per heavy atom. The lowest BCUT2D eigenvalue weighted by Crippen LogP contribution is -2.09. The maximum Gasteiger partial charge on any atom is 0.391 e. The van der Waals surface area contributed by atoms with E-state index in [2.05, 4.69) is 11.8 Å². The molecule has 0 saturated heterocycles. The highest BCUT2D eigenvalue weighted by atomic mass is 19.4. The van der Waals surface area contributed by atoms with Gasteiger partial charge in [0.05, 0.1) is 20.1 Å². The highest BCUT2D eigenvalue weighted by Gasteiger charge is 2.25. The SMILES string of the molecule is [CH2]OCCC(F)(F)F. The standard InChI is InChI=1S/C4H6F3O/c1-8-3-2-4(5,6)7/h1-3H2. The summed E-state index contributed by atoms with van der Waals surface area (Å²) in [5.41, 5.74) is 0. The third-order valence-electron chi connectivity index (χ3n) is 0.530. The third-order valence-corrected chi connectivity index (χ3v) is 0.530. The second kappa shape index (κ2) is 2.91. The van der Waals surface area contributed by atoms with E-state index in [0.29, 0.717) is 0 Å². The van der Waals surface area contributed by atoms with Crippen molar-refractivity contribution in [3.05, 3.63) is 7.11 Å². The van der Waals surface area contributed by atoms with Gasteiger partial charge in [0, 0.05) is 0 Å². The second-order valence-corrected chi connectivity index (χ2v) is 1.27. The van der Waals surface area contributed by atoms with Crippen LogP contribution >= 0.6 is 0 Å². The van der Waals surface area contributed by atoms with E-state index < -0.39 is 12.6 Å². The quantitative estimate of drug-likeness (QED) is 0.549. The highest BCUT2D eigenvalue weighted by Crippen LogP contribution is 2.18. The minimum Gasteiger partial charge on any atom is -0.379 e. The zero-order valence-electron chi connectivity index (χ0n) is 4.16. The Hall–Kier alpha value is -0.250. The van der Waals surface area contributed by atoms with E-state index in [1.165, 1.54) is 0 Å². The summed E-state index contributed by atoms with van der Waals surface area (Å²) < 4.78 is 37.4. The van der Waals surface area contributed by atoms with Crippen molar-refractivity contribution in [2.75, 3.05) is 6.61 Å². The minimum absolute atomic E-state index is 0.358. The van der Waals surface area contributed by atoms with Gasteiger partial charge in [-0.1, -0.05) is 0 Å². The van der Waals surface area contributed by atoms with Crippen molar-refractivity contribution in [2.24, 2.45) is 0 Å². The van der Waals surface area contributed by atoms with Gasteiger partial charge >= 0.3 is 6.18 Å². The largest absolute Gasteiger partial charge is 0.391 e. The average Bonchev–Trinajstić information content (AvgIpc) is 1.59. The van der Waals surface area contributed by atoms with Crippen LogP contribution in [0.4, 0.5) is 13.2 Å². The molecular weight excluding hydrogens is 121 g/mol. The molecule has 1 radical (unpaired) electrons. The molecule has 0 aromatic heterocycles. The Labute approximate surface area is 45.4 Å². The molecule has 0 aromatic rings. The maximum atomic E-state index is 11.1. The van der Waals surface area contributed by atoms with Crippen molar-refractivity contribution >= 4 is 0 Å². The molecule has 8 heavy (non-hydrogen) atoms. The Kier molecular flexibility index (Phi) is 2.82. The van der Waals surface area contributed by atoms with Crippen molar-refractivity contribution in [2.45, 2.75) is 12.6 Å². The van der Waals surface area contributed by atoms with Crippen LogP contribution in [0.2, 0.25) is 0 Å². The molecular formula is C4H6F3O. The first-order valence-corrected chi connectivity index (χ1v) is 2.00. The predicted octanol–water partition coefficient (Wildman–Crippen LogP) is 1.75. The topological polar surface area (TPSA) is 9.23 Å². The molecule has 0 heterocycles. The zero-order chi connectivity index (χ0) is 6.62. The molecule has 0 atom stereocenters. The summed E-state index contributed by atoms with van der Waals surface area (Å²) >= 11 is 0. The van der Waals surface area contributed by atoms with Crippen molar-refractivity contribution in [3.63, 3.8) is 0 Å². The van der Waals surface area contributed by atoms with Crippen LogP contribution in [-0.4, -0.2) is 12.8 Å². The molecule has 0 spiro atoms. The Morgan fingerprint density at radius 1 is 1.38 bits per heavy atom. The maximum absolute atomic E-state index is 11.1. The van der Waals surface area contributed by atoms with Gasteiger partial charge in [0.15, 0.2) is 0 Å². The lowest BCUT2D eigenvalue weighted by atomic mass is 10.4. The molecule has 0 fully saturated rings. The number of alkyl halides is 3. The number of ether oxygens (including phenoxy) is 1. The van der Waals surface area contributed by atoms with Gasteiger partial charge in [-0.25, -0.2) is 0 Å². The summed E-state index contributed by atoms with van der Waals surface area (Å²) in [5, 5.41) is 0. The second-order valence-electron chi connectivity index (χ2n) is 1.27. The van der Waals surface area contributed by atoms with E-state index >= 15 is 0 Å². The van der Waals surface area contributed by atoms with Gasteiger partial charge in [-0.3, -0.25) is 0 Å². The first-order chi connectivity index (χ1) is 3.56. The summed E-state index contributed by atoms with van der Waals surface area (Å²) in [7, 11) is 2.79. The summed E-state index contributed by atoms with van der Waals surface area (Å²) in [4.78, 5) is 0. The fraction of sp³-hybridized carbons (Fsp3) is 0.750. The predicted molar refractivity (Wildman–Crippen MR) is 22.0 cm³/mol. The van der Waals surface area contributed by atoms with E-state index in [-0.39, 0.29) is 6.61 Å². The smallest absolute Gasteiger partial charge is 0.379 e. The van der Waals surface area contributed by atoms with Crippen LogP contribution in [0.3, 0.4) is 0 Å². The van der Waals surface area contributed by atoms with Gasteiger partial charge in [0.25, 0.3) is 0 Å². The van der Waals surface area contributed by atoms with Crippen LogP contribution in [0.15, 0.2) is 0 Å². The molecule has 49 valence electrons. The molecule has 0 aromatic carbocycles. The number of hydrogen-bond acceptors (Lipinski definition) is 1. The molecule has 0 N–H and O–H groups in total. The third kappa shape index (κ3) is 5.75. The molecule has 0 unspecified atom stereocenters. The molecule has 1 nitrogen and oxygen atoms in total. The zero-order valence-corrected chi connectivity index (χ0v) is 4.16. The lowest BCUT2D eigenvalue weighted by Gasteiger charge is -2.02. The van der Waals surface area contributed by atoms with Gasteiger partial charge in [-0.05, 0) is 0 Å². The summed E-state index contributed by atoms with van der Waals surface area (Å²) in [6, 6.07) is 0. The molecule has 0 aliphatic heterocycles. The summed E-state index contributed by atoms with van der Waals surface area (Å²) in [6.45, 7) is -0.358. The van der Waals surface area contributed by atoms with Crippen LogP contribution in [0, 0.1) is 7.11 Å². The fourth-order valence-electron chi connectivity index (χ4n) is 0.188. The van der Waals surface area contributed by atoms with E-state index in [4.69, 9.17) is 0 Å². The van der Waals surface area contributed by atoms with E-state index in [1.54, 1.807) is 0 Å². The lowest BCUT2D eigenvalue weighted by molar-refractivity contribution is -0.141. The van der Waals surface area contributed by atoms with Gasteiger partial charge < -0.3 is 4.74 Å². The first kappa shape index (κ1) is 7.75. The van der Waals surface area contributed by atoms with Crippen LogP contribution in [-0.2, 0) is 4.74 Å². The molecule has 0 amide bonds. The summed E-state index contributed by atoms with van der Waals surface area (Å²) in [5.74, 6) is 0. The minimum atomic E-state index is -4.11. The van der Waals surface area contributed by atoms with Gasteiger partial charge in [-0.15, -0.1) is 0 Å². The van der Waals surface area contributed by atoms with E-state index in [0.717, 1.165) is 0 Å². The molecule has 0 bridgehead atoms. The van der Waals surface area contributed by atoms with Crippen molar-refractivity contribution in [3.8, 4) is 0 Å². The molecule has 0 aliphatic rings. The number of rotatable bonds is 2. The fourth-order valence-corrected chi connectivity index (χ4v) is 0.188. The van der Waals surface area contributed by atoms with Crippen molar-refractivity contribution in [1.29, 1.82) is 0 Å². The average molecular weight is 127 g/mol. The highest BCUT2D eigenvalue weighted by molar-refractivity contribution is 4.46. The monoisotopic (exact) mass is 127 g/mol. The number of halogens is 3. The van der Waals surface area contributed by atoms with Gasteiger partial charge in [0.2, 0.25) is 0 Å². The molecule has 0 saturated carbocycles. The Morgan fingerprint density at radius 2 is 1.88 bits per heavy atom. The van der Waals surface area contributed by atoms with Crippen LogP contribution < -0.4 is 0 Å². The van der Waals surface area contributed by atoms with Crippen LogP contribution in [0.25, 0.3) is 0 Å². The molecule has 4 heteroatoms. The first-order valence-electron chi connectivity index (χ1n) is 2.00. The van der Waals surface area contributed by atoms with E-state index in [9.17, 15) is 13.2 Å².